The minimum absolute atomic E-state index is 0.113. The van der Waals surface area contributed by atoms with E-state index in [9.17, 15) is 14.4 Å². The van der Waals surface area contributed by atoms with Crippen LogP contribution in [0.2, 0.25) is 0 Å². The zero-order valence-corrected chi connectivity index (χ0v) is 23.0. The molecule has 1 unspecified atom stereocenters. The Morgan fingerprint density at radius 2 is 1.83 bits per heavy atom. The molecule has 0 spiro atoms. The molecule has 0 aliphatic carbocycles. The Kier molecular flexibility index (Phi) is 8.20. The van der Waals surface area contributed by atoms with Crippen molar-refractivity contribution < 1.29 is 19.1 Å². The van der Waals surface area contributed by atoms with Crippen molar-refractivity contribution in [1.82, 2.24) is 24.6 Å². The van der Waals surface area contributed by atoms with E-state index in [2.05, 4.69) is 41.0 Å². The lowest BCUT2D eigenvalue weighted by Crippen LogP contribution is -2.50. The van der Waals surface area contributed by atoms with Crippen molar-refractivity contribution in [3.63, 3.8) is 0 Å². The number of nitrogens with zero attached hydrogens (tertiary/aromatic N) is 6. The van der Waals surface area contributed by atoms with E-state index in [1.807, 2.05) is 44.6 Å². The number of piperazine rings is 1. The number of carbonyl (C=O) groups is 3. The minimum Gasteiger partial charge on any atom is -0.376 e. The molecule has 3 aromatic heterocycles. The smallest absolute Gasteiger partial charge is 0.376 e. The predicted molar refractivity (Wildman–Crippen MR) is 154 cm³/mol. The van der Waals surface area contributed by atoms with E-state index >= 15 is 0 Å². The van der Waals surface area contributed by atoms with Gasteiger partial charge in [-0.1, -0.05) is 12.1 Å². The summed E-state index contributed by atoms with van der Waals surface area (Å²) in [5.74, 6) is 0.158. The number of anilines is 2. The Balaban J connectivity index is 1.24. The van der Waals surface area contributed by atoms with Crippen LogP contribution >= 0.6 is 0 Å². The molecule has 1 atom stereocenters. The number of ether oxygens (including phenoxy) is 1. The molecule has 0 saturated carbocycles. The quantitative estimate of drug-likeness (QED) is 0.246. The van der Waals surface area contributed by atoms with Crippen LogP contribution in [-0.2, 0) is 16.6 Å². The number of hydrogen-bond acceptors (Lipinski definition) is 9. The third-order valence-corrected chi connectivity index (χ3v) is 7.25. The fourth-order valence-electron chi connectivity index (χ4n) is 5.02. The number of nitrogens with two attached hydrogens (primary N) is 1. The van der Waals surface area contributed by atoms with Crippen LogP contribution in [0.3, 0.4) is 0 Å². The third kappa shape index (κ3) is 6.67. The summed E-state index contributed by atoms with van der Waals surface area (Å²) in [6.07, 6.45) is 6.78. The summed E-state index contributed by atoms with van der Waals surface area (Å²) >= 11 is 0. The van der Waals surface area contributed by atoms with Crippen LogP contribution in [0.5, 0.6) is 0 Å². The van der Waals surface area contributed by atoms with Gasteiger partial charge in [-0.25, -0.2) is 14.8 Å². The van der Waals surface area contributed by atoms with Crippen LogP contribution in [0, 0.1) is 0 Å². The summed E-state index contributed by atoms with van der Waals surface area (Å²) in [7, 11) is 1.88. The van der Waals surface area contributed by atoms with Crippen LogP contribution < -0.4 is 16.0 Å². The zero-order chi connectivity index (χ0) is 28.9. The first-order chi connectivity index (χ1) is 19.8. The Morgan fingerprint density at radius 3 is 2.56 bits per heavy atom. The molecule has 12 heteroatoms. The molecule has 41 heavy (non-hydrogen) atoms. The summed E-state index contributed by atoms with van der Waals surface area (Å²) in [5, 5.41) is 9.11. The lowest BCUT2D eigenvalue weighted by atomic mass is 10.1. The number of rotatable bonds is 8. The topological polar surface area (TPSA) is 149 Å². The summed E-state index contributed by atoms with van der Waals surface area (Å²) in [4.78, 5) is 49.1. The number of nitrogens with one attached hydrogen (secondary N) is 1. The van der Waals surface area contributed by atoms with Crippen LogP contribution in [0.1, 0.15) is 30.1 Å². The van der Waals surface area contributed by atoms with E-state index in [0.717, 1.165) is 35.0 Å². The van der Waals surface area contributed by atoms with E-state index in [4.69, 9.17) is 5.73 Å². The Morgan fingerprint density at radius 1 is 1.02 bits per heavy atom. The highest BCUT2D eigenvalue weighted by molar-refractivity contribution is 6.07. The van der Waals surface area contributed by atoms with Crippen molar-refractivity contribution in [2.75, 3.05) is 36.4 Å². The molecule has 212 valence electrons. The molecule has 1 aliphatic heterocycles. The van der Waals surface area contributed by atoms with Crippen LogP contribution in [-0.4, -0.2) is 74.8 Å². The van der Waals surface area contributed by atoms with Gasteiger partial charge < -0.3 is 20.7 Å². The number of esters is 1. The number of carbonyl (C=O) groups excluding carboxylic acids is 3. The SMILES string of the molecule is CC(CCC(=O)OC(N)=O)N1CCN(c2ncccc2C(=O)Nc2cc3cc(-c4cnn(C)c4)ccc3cn2)CC1. The van der Waals surface area contributed by atoms with Gasteiger partial charge >= 0.3 is 12.1 Å². The van der Waals surface area contributed by atoms with Crippen LogP contribution in [0.15, 0.2) is 61.2 Å². The Hall–Kier alpha value is -4.84. The number of aryl methyl sites for hydroxylation is 1. The molecule has 4 aromatic rings. The molecule has 3 N–H and O–H groups in total. The monoisotopic (exact) mass is 556 g/mol. The second kappa shape index (κ2) is 12.1. The van der Waals surface area contributed by atoms with E-state index < -0.39 is 12.1 Å². The second-order valence-electron chi connectivity index (χ2n) is 10.1. The van der Waals surface area contributed by atoms with Gasteiger partial charge in [-0.15, -0.1) is 0 Å². The minimum atomic E-state index is -1.09. The molecule has 1 fully saturated rings. The van der Waals surface area contributed by atoms with Gasteiger partial charge in [-0.2, -0.15) is 5.10 Å². The standard InChI is InChI=1S/C29H32N8O4/c1-19(5-8-26(38)41-29(30)40)36-10-12-37(13-11-36)27-24(4-3-9-31-27)28(39)34-25-15-22-14-20(6-7-21(22)16-32-25)23-17-33-35(2)18-23/h3-4,6-7,9,14-19H,5,8,10-13H2,1-2H3,(H2,30,40)(H,32,34,39). The van der Waals surface area contributed by atoms with E-state index in [1.165, 1.54) is 0 Å². The second-order valence-corrected chi connectivity index (χ2v) is 10.1. The maximum Gasteiger partial charge on any atom is 0.412 e. The maximum absolute atomic E-state index is 13.4. The number of benzene rings is 1. The fourth-order valence-corrected chi connectivity index (χ4v) is 5.02. The highest BCUT2D eigenvalue weighted by atomic mass is 16.6. The Bertz CT molecular complexity index is 1580. The molecule has 0 bridgehead atoms. The van der Waals surface area contributed by atoms with Crippen molar-refractivity contribution in [2.45, 2.75) is 25.8 Å². The van der Waals surface area contributed by atoms with Gasteiger partial charge in [0, 0.05) is 75.2 Å². The number of fused-ring (bicyclic) bond motifs is 1. The lowest BCUT2D eigenvalue weighted by molar-refractivity contribution is -0.137. The molecule has 1 aromatic carbocycles. The van der Waals surface area contributed by atoms with Gasteiger partial charge in [0.25, 0.3) is 5.91 Å². The normalized spacial score (nSPS) is 14.5. The lowest BCUT2D eigenvalue weighted by Gasteiger charge is -2.39. The summed E-state index contributed by atoms with van der Waals surface area (Å²) in [6.45, 7) is 4.82. The first-order valence-corrected chi connectivity index (χ1v) is 13.4. The highest BCUT2D eigenvalue weighted by Gasteiger charge is 2.25. The molecule has 5 rings (SSSR count). The average molecular weight is 557 g/mol. The largest absolute Gasteiger partial charge is 0.412 e. The van der Waals surface area contributed by atoms with Gasteiger partial charge in [-0.05, 0) is 48.6 Å². The number of amides is 2. The molecule has 0 radical (unpaired) electrons. The van der Waals surface area contributed by atoms with Crippen molar-refractivity contribution in [3.05, 3.63) is 66.7 Å². The van der Waals surface area contributed by atoms with E-state index in [-0.39, 0.29) is 18.4 Å². The number of aromatic nitrogens is 4. The molecular formula is C29H32N8O4. The first-order valence-electron chi connectivity index (χ1n) is 13.4. The number of primary amides is 1. The predicted octanol–water partition coefficient (Wildman–Crippen LogP) is 3.20. The maximum atomic E-state index is 13.4. The van der Waals surface area contributed by atoms with Crippen molar-refractivity contribution in [2.24, 2.45) is 12.8 Å². The van der Waals surface area contributed by atoms with Gasteiger partial charge in [0.2, 0.25) is 0 Å². The molecule has 4 heterocycles. The molecule has 1 saturated heterocycles. The fraction of sp³-hybridized carbons (Fsp3) is 0.310. The number of hydrogen-bond donors (Lipinski definition) is 2. The van der Waals surface area contributed by atoms with E-state index in [1.54, 1.807) is 29.2 Å². The third-order valence-electron chi connectivity index (χ3n) is 7.25. The summed E-state index contributed by atoms with van der Waals surface area (Å²) in [5.41, 5.74) is 7.41. The van der Waals surface area contributed by atoms with Crippen LogP contribution in [0.25, 0.3) is 21.9 Å². The zero-order valence-electron chi connectivity index (χ0n) is 23.0. The summed E-state index contributed by atoms with van der Waals surface area (Å²) < 4.78 is 6.17. The summed E-state index contributed by atoms with van der Waals surface area (Å²) in [6, 6.07) is 11.6. The first kappa shape index (κ1) is 27.7. The molecule has 1 aliphatic rings. The Labute approximate surface area is 237 Å². The van der Waals surface area contributed by atoms with Gasteiger partial charge in [0.15, 0.2) is 0 Å². The van der Waals surface area contributed by atoms with Crippen molar-refractivity contribution in [1.29, 1.82) is 0 Å². The van der Waals surface area contributed by atoms with Crippen molar-refractivity contribution in [3.8, 4) is 11.1 Å². The molecule has 12 nitrogen and oxygen atoms in total. The van der Waals surface area contributed by atoms with Crippen molar-refractivity contribution >= 4 is 40.4 Å². The molecule has 2 amide bonds. The average Bonchev–Trinajstić information content (AvgIpc) is 3.41. The van der Waals surface area contributed by atoms with Gasteiger partial charge in [-0.3, -0.25) is 19.2 Å². The number of pyridine rings is 2. The highest BCUT2D eigenvalue weighted by Crippen LogP contribution is 2.26. The molecular weight excluding hydrogens is 524 g/mol. The van der Waals surface area contributed by atoms with Crippen LogP contribution in [0.4, 0.5) is 16.4 Å². The van der Waals surface area contributed by atoms with E-state index in [0.29, 0.717) is 36.7 Å². The van der Waals surface area contributed by atoms with Gasteiger partial charge in [0.05, 0.1) is 11.8 Å². The van der Waals surface area contributed by atoms with Gasteiger partial charge in [0.1, 0.15) is 11.6 Å².